The summed E-state index contributed by atoms with van der Waals surface area (Å²) in [6, 6.07) is 1.43. The predicted octanol–water partition coefficient (Wildman–Crippen LogP) is 2.09. The van der Waals surface area contributed by atoms with Crippen molar-refractivity contribution >= 4 is 0 Å². The third-order valence-corrected chi connectivity index (χ3v) is 2.16. The van der Waals surface area contributed by atoms with Crippen LogP contribution in [0, 0.1) is 0 Å². The van der Waals surface area contributed by atoms with E-state index in [1.165, 1.54) is 19.3 Å². The number of hydrogen-bond acceptors (Lipinski definition) is 1. The minimum absolute atomic E-state index is 0.709. The van der Waals surface area contributed by atoms with E-state index in [9.17, 15) is 0 Å². The van der Waals surface area contributed by atoms with Crippen molar-refractivity contribution in [2.24, 2.45) is 0 Å². The Bertz CT molecular complexity index is 109. The fourth-order valence-corrected chi connectivity index (χ4v) is 1.63. The van der Waals surface area contributed by atoms with Gasteiger partial charge in [-0.05, 0) is 26.2 Å². The number of piperidine rings is 1. The van der Waals surface area contributed by atoms with Gasteiger partial charge in [0.2, 0.25) is 0 Å². The second-order valence-electron chi connectivity index (χ2n) is 3.22. The molecule has 1 aliphatic heterocycles. The molecule has 0 radical (unpaired) electrons. The van der Waals surface area contributed by atoms with Gasteiger partial charge in [0.25, 0.3) is 0 Å². The van der Waals surface area contributed by atoms with Crippen LogP contribution in [0.4, 0.5) is 0 Å². The molecule has 1 fully saturated rings. The molecular weight excluding hydrogens is 122 g/mol. The second-order valence-corrected chi connectivity index (χ2v) is 3.22. The van der Waals surface area contributed by atoms with Crippen molar-refractivity contribution < 1.29 is 0 Å². The van der Waals surface area contributed by atoms with Crippen molar-refractivity contribution in [2.75, 3.05) is 0 Å². The average molecular weight is 139 g/mol. The van der Waals surface area contributed by atoms with E-state index in [1.54, 1.807) is 0 Å². The van der Waals surface area contributed by atoms with Crippen molar-refractivity contribution in [3.8, 4) is 0 Å². The van der Waals surface area contributed by atoms with E-state index < -0.39 is 0 Å². The highest BCUT2D eigenvalue weighted by Crippen LogP contribution is 2.14. The molecule has 0 amide bonds. The Hall–Kier alpha value is -0.300. The number of nitrogens with one attached hydrogen (secondary N) is 1. The molecule has 0 saturated carbocycles. The summed E-state index contributed by atoms with van der Waals surface area (Å²) in [5, 5.41) is 3.55. The third kappa shape index (κ3) is 2.14. The highest BCUT2D eigenvalue weighted by molar-refractivity contribution is 4.83. The van der Waals surface area contributed by atoms with Crippen LogP contribution in [0.5, 0.6) is 0 Å². The maximum absolute atomic E-state index is 3.74. The molecule has 1 heteroatoms. The highest BCUT2D eigenvalue weighted by Gasteiger charge is 2.15. The van der Waals surface area contributed by atoms with Gasteiger partial charge in [-0.15, -0.1) is 6.58 Å². The van der Waals surface area contributed by atoms with Crippen LogP contribution in [0.3, 0.4) is 0 Å². The van der Waals surface area contributed by atoms with E-state index in [4.69, 9.17) is 0 Å². The van der Waals surface area contributed by atoms with Crippen molar-refractivity contribution in [2.45, 2.75) is 44.7 Å². The SMILES string of the molecule is C=CC[C@H]1CCC[C@H](C)N1. The molecule has 0 aromatic heterocycles. The van der Waals surface area contributed by atoms with Gasteiger partial charge < -0.3 is 5.32 Å². The fraction of sp³-hybridized carbons (Fsp3) is 0.778. The summed E-state index contributed by atoms with van der Waals surface area (Å²) in [5.41, 5.74) is 0. The summed E-state index contributed by atoms with van der Waals surface area (Å²) >= 11 is 0. The molecule has 0 aromatic rings. The zero-order chi connectivity index (χ0) is 7.40. The standard InChI is InChI=1S/C9H17N/c1-3-5-9-7-4-6-8(2)10-9/h3,8-10H,1,4-7H2,2H3/t8-,9-/m0/s1. The van der Waals surface area contributed by atoms with Gasteiger partial charge >= 0.3 is 0 Å². The van der Waals surface area contributed by atoms with Gasteiger partial charge in [0.15, 0.2) is 0 Å². The second kappa shape index (κ2) is 3.77. The van der Waals surface area contributed by atoms with Crippen molar-refractivity contribution in [3.63, 3.8) is 0 Å². The van der Waals surface area contributed by atoms with Crippen molar-refractivity contribution in [1.82, 2.24) is 5.32 Å². The number of rotatable bonds is 2. The van der Waals surface area contributed by atoms with Crippen molar-refractivity contribution in [3.05, 3.63) is 12.7 Å². The van der Waals surface area contributed by atoms with Crippen LogP contribution in [0.1, 0.15) is 32.6 Å². The van der Waals surface area contributed by atoms with Crippen LogP contribution >= 0.6 is 0 Å². The van der Waals surface area contributed by atoms with E-state index in [-0.39, 0.29) is 0 Å². The monoisotopic (exact) mass is 139 g/mol. The summed E-state index contributed by atoms with van der Waals surface area (Å²) in [6.07, 6.45) is 7.19. The highest BCUT2D eigenvalue weighted by atomic mass is 14.9. The Labute approximate surface area is 63.5 Å². The van der Waals surface area contributed by atoms with Crippen LogP contribution in [-0.4, -0.2) is 12.1 Å². The first-order valence-corrected chi connectivity index (χ1v) is 4.20. The van der Waals surface area contributed by atoms with Gasteiger partial charge in [0.1, 0.15) is 0 Å². The Kier molecular flexibility index (Phi) is 2.94. The lowest BCUT2D eigenvalue weighted by molar-refractivity contribution is 0.337. The molecular formula is C9H17N. The molecule has 1 aliphatic rings. The molecule has 1 rings (SSSR count). The Morgan fingerprint density at radius 2 is 2.40 bits per heavy atom. The molecule has 0 spiro atoms. The summed E-state index contributed by atoms with van der Waals surface area (Å²) in [5.74, 6) is 0. The van der Waals surface area contributed by atoms with Crippen LogP contribution in [0.15, 0.2) is 12.7 Å². The molecule has 1 saturated heterocycles. The lowest BCUT2D eigenvalue weighted by Crippen LogP contribution is -2.39. The van der Waals surface area contributed by atoms with E-state index in [1.807, 2.05) is 6.08 Å². The fourth-order valence-electron chi connectivity index (χ4n) is 1.63. The Balaban J connectivity index is 2.24. The summed E-state index contributed by atoms with van der Waals surface area (Å²) in [6.45, 7) is 6.00. The first-order chi connectivity index (χ1) is 4.83. The zero-order valence-electron chi connectivity index (χ0n) is 6.77. The number of hydrogen-bond donors (Lipinski definition) is 1. The van der Waals surface area contributed by atoms with E-state index in [0.29, 0.717) is 6.04 Å². The van der Waals surface area contributed by atoms with Gasteiger partial charge in [-0.2, -0.15) is 0 Å². The normalized spacial score (nSPS) is 33.7. The summed E-state index contributed by atoms with van der Waals surface area (Å²) in [7, 11) is 0. The van der Waals surface area contributed by atoms with E-state index in [0.717, 1.165) is 12.5 Å². The van der Waals surface area contributed by atoms with Gasteiger partial charge in [0, 0.05) is 12.1 Å². The molecule has 1 nitrogen and oxygen atoms in total. The predicted molar refractivity (Wildman–Crippen MR) is 45.1 cm³/mol. The van der Waals surface area contributed by atoms with Crippen LogP contribution in [0.25, 0.3) is 0 Å². The molecule has 0 aromatic carbocycles. The topological polar surface area (TPSA) is 12.0 Å². The van der Waals surface area contributed by atoms with Gasteiger partial charge in [-0.1, -0.05) is 12.5 Å². The van der Waals surface area contributed by atoms with Gasteiger partial charge in [-0.3, -0.25) is 0 Å². The molecule has 0 unspecified atom stereocenters. The summed E-state index contributed by atoms with van der Waals surface area (Å²) in [4.78, 5) is 0. The Morgan fingerprint density at radius 1 is 1.60 bits per heavy atom. The molecule has 0 bridgehead atoms. The maximum Gasteiger partial charge on any atom is 0.0104 e. The van der Waals surface area contributed by atoms with Crippen LogP contribution in [0.2, 0.25) is 0 Å². The van der Waals surface area contributed by atoms with Crippen LogP contribution in [-0.2, 0) is 0 Å². The van der Waals surface area contributed by atoms with E-state index >= 15 is 0 Å². The Morgan fingerprint density at radius 3 is 3.00 bits per heavy atom. The minimum atomic E-state index is 0.709. The van der Waals surface area contributed by atoms with Crippen molar-refractivity contribution in [1.29, 1.82) is 0 Å². The minimum Gasteiger partial charge on any atom is -0.311 e. The third-order valence-electron chi connectivity index (χ3n) is 2.16. The average Bonchev–Trinajstić information content (AvgIpc) is 1.88. The van der Waals surface area contributed by atoms with Gasteiger partial charge in [-0.25, -0.2) is 0 Å². The molecule has 10 heavy (non-hydrogen) atoms. The molecule has 0 aliphatic carbocycles. The zero-order valence-corrected chi connectivity index (χ0v) is 6.77. The lowest BCUT2D eigenvalue weighted by atomic mass is 9.98. The maximum atomic E-state index is 3.74. The lowest BCUT2D eigenvalue weighted by Gasteiger charge is -2.27. The first-order valence-electron chi connectivity index (χ1n) is 4.20. The quantitative estimate of drug-likeness (QED) is 0.578. The van der Waals surface area contributed by atoms with Crippen LogP contribution < -0.4 is 5.32 Å². The van der Waals surface area contributed by atoms with Gasteiger partial charge in [0.05, 0.1) is 0 Å². The molecule has 1 heterocycles. The smallest absolute Gasteiger partial charge is 0.0104 e. The molecule has 2 atom stereocenters. The largest absolute Gasteiger partial charge is 0.311 e. The summed E-state index contributed by atoms with van der Waals surface area (Å²) < 4.78 is 0. The van der Waals surface area contributed by atoms with E-state index in [2.05, 4.69) is 18.8 Å². The molecule has 1 N–H and O–H groups in total. The first kappa shape index (κ1) is 7.80. The molecule has 58 valence electrons.